The van der Waals surface area contributed by atoms with Crippen molar-refractivity contribution in [1.82, 2.24) is 24.9 Å². The zero-order valence-electron chi connectivity index (χ0n) is 18.0. The van der Waals surface area contributed by atoms with Crippen LogP contribution in [0.5, 0.6) is 5.75 Å². The third-order valence-corrected chi connectivity index (χ3v) is 5.49. The lowest BCUT2D eigenvalue weighted by atomic mass is 9.80. The second-order valence-electron chi connectivity index (χ2n) is 7.50. The summed E-state index contributed by atoms with van der Waals surface area (Å²) in [6.45, 7) is 1.67. The van der Waals surface area contributed by atoms with Crippen LogP contribution in [0.15, 0.2) is 52.2 Å². The molecule has 0 aliphatic carbocycles. The monoisotopic (exact) mass is 463 g/mol. The van der Waals surface area contributed by atoms with Crippen molar-refractivity contribution in [2.45, 2.75) is 18.8 Å². The van der Waals surface area contributed by atoms with Gasteiger partial charge in [-0.3, -0.25) is 19.3 Å². The van der Waals surface area contributed by atoms with Crippen LogP contribution < -0.4 is 10.9 Å². The van der Waals surface area contributed by atoms with Crippen molar-refractivity contribution in [1.29, 1.82) is 5.26 Å². The lowest BCUT2D eigenvalue weighted by molar-refractivity contribution is 0.101. The molecule has 11 nitrogen and oxygen atoms in total. The summed E-state index contributed by atoms with van der Waals surface area (Å²) in [6.07, 6.45) is 3.69. The Morgan fingerprint density at radius 2 is 2.09 bits per heavy atom. The molecular formula is C22H18FN7O4. The Bertz CT molecular complexity index is 1450. The molecule has 3 heterocycles. The predicted octanol–water partition coefficient (Wildman–Crippen LogP) is 2.40. The van der Waals surface area contributed by atoms with Gasteiger partial charge < -0.3 is 14.9 Å². The summed E-state index contributed by atoms with van der Waals surface area (Å²) >= 11 is 0. The number of nitriles is 1. The average Bonchev–Trinajstić information content (AvgIpc) is 3.50. The average molecular weight is 463 g/mol. The van der Waals surface area contributed by atoms with E-state index in [1.165, 1.54) is 19.4 Å². The van der Waals surface area contributed by atoms with E-state index in [1.54, 1.807) is 31.2 Å². The fraction of sp³-hybridized carbons (Fsp3) is 0.182. The molecule has 2 atom stereocenters. The van der Waals surface area contributed by atoms with Crippen LogP contribution in [0.1, 0.15) is 51.8 Å². The maximum absolute atomic E-state index is 14.7. The molecule has 1 aromatic carbocycles. The van der Waals surface area contributed by atoms with Gasteiger partial charge in [-0.15, -0.1) is 0 Å². The number of H-pyrrole nitrogens is 1. The lowest BCUT2D eigenvalue weighted by Gasteiger charge is -2.26. The SMILES string of the molecule is C[C@@H](c1nc(C(=O)Nc2cnoc2)c(O)c(=O)n1C)[C@H](c1ccccc1C#N)c1cn[nH]c1F. The topological polar surface area (TPSA) is 163 Å². The van der Waals surface area contributed by atoms with Crippen molar-refractivity contribution in [2.75, 3.05) is 5.32 Å². The first-order valence-electron chi connectivity index (χ1n) is 10.0. The summed E-state index contributed by atoms with van der Waals surface area (Å²) in [5.74, 6) is -3.88. The summed E-state index contributed by atoms with van der Waals surface area (Å²) in [4.78, 5) is 29.8. The number of hydrogen-bond acceptors (Lipinski definition) is 8. The fourth-order valence-corrected chi connectivity index (χ4v) is 3.85. The molecule has 0 fully saturated rings. The Balaban J connectivity index is 1.87. The van der Waals surface area contributed by atoms with E-state index in [0.717, 1.165) is 10.8 Å². The molecule has 0 bridgehead atoms. The first-order chi connectivity index (χ1) is 16.3. The molecule has 0 aliphatic heterocycles. The highest BCUT2D eigenvalue weighted by molar-refractivity contribution is 6.04. The number of aromatic amines is 1. The van der Waals surface area contributed by atoms with Crippen molar-refractivity contribution in [3.05, 3.63) is 87.4 Å². The summed E-state index contributed by atoms with van der Waals surface area (Å²) in [5.41, 5.74) is -0.265. The van der Waals surface area contributed by atoms with Crippen LogP contribution in [-0.2, 0) is 7.05 Å². The number of nitrogens with zero attached hydrogens (tertiary/aromatic N) is 5. The molecule has 3 N–H and O–H groups in total. The van der Waals surface area contributed by atoms with Crippen LogP contribution in [0.4, 0.5) is 10.1 Å². The number of benzene rings is 1. The zero-order valence-corrected chi connectivity index (χ0v) is 18.0. The molecule has 0 saturated carbocycles. The number of aromatic hydroxyl groups is 1. The Hall–Kier alpha value is -4.79. The number of anilines is 1. The Morgan fingerprint density at radius 3 is 2.74 bits per heavy atom. The van der Waals surface area contributed by atoms with Crippen molar-refractivity contribution >= 4 is 11.6 Å². The molecule has 1 amide bonds. The highest BCUT2D eigenvalue weighted by Gasteiger charge is 2.32. The summed E-state index contributed by atoms with van der Waals surface area (Å²) in [5, 5.41) is 31.8. The third kappa shape index (κ3) is 3.90. The number of hydrogen-bond donors (Lipinski definition) is 3. The minimum Gasteiger partial charge on any atom is -0.501 e. The quantitative estimate of drug-likeness (QED) is 0.392. The fourth-order valence-electron chi connectivity index (χ4n) is 3.85. The molecule has 3 aromatic heterocycles. The Labute approximate surface area is 191 Å². The van der Waals surface area contributed by atoms with Gasteiger partial charge in [0.05, 0.1) is 24.0 Å². The Morgan fingerprint density at radius 1 is 1.32 bits per heavy atom. The molecule has 0 saturated heterocycles. The summed E-state index contributed by atoms with van der Waals surface area (Å²) in [7, 11) is 1.38. The van der Waals surface area contributed by atoms with E-state index < -0.39 is 40.7 Å². The molecule has 172 valence electrons. The van der Waals surface area contributed by atoms with E-state index >= 15 is 0 Å². The van der Waals surface area contributed by atoms with E-state index in [9.17, 15) is 24.3 Å². The first-order valence-corrected chi connectivity index (χ1v) is 10.0. The highest BCUT2D eigenvalue weighted by atomic mass is 19.1. The normalized spacial score (nSPS) is 12.6. The van der Waals surface area contributed by atoms with Crippen molar-refractivity contribution in [3.8, 4) is 11.8 Å². The molecule has 4 rings (SSSR count). The molecule has 4 aromatic rings. The predicted molar refractivity (Wildman–Crippen MR) is 116 cm³/mol. The molecule has 12 heteroatoms. The minimum absolute atomic E-state index is 0.0802. The molecule has 0 spiro atoms. The van der Waals surface area contributed by atoms with Gasteiger partial charge in [-0.25, -0.2) is 4.98 Å². The third-order valence-electron chi connectivity index (χ3n) is 5.49. The van der Waals surface area contributed by atoms with E-state index in [2.05, 4.69) is 36.2 Å². The largest absolute Gasteiger partial charge is 0.501 e. The van der Waals surface area contributed by atoms with E-state index in [4.69, 9.17) is 0 Å². The smallest absolute Gasteiger partial charge is 0.296 e. The van der Waals surface area contributed by atoms with Gasteiger partial charge in [0.2, 0.25) is 11.7 Å². The van der Waals surface area contributed by atoms with Gasteiger partial charge in [-0.1, -0.05) is 30.3 Å². The molecular weight excluding hydrogens is 445 g/mol. The van der Waals surface area contributed by atoms with Gasteiger partial charge in [0.15, 0.2) is 5.69 Å². The molecule has 0 radical (unpaired) electrons. The van der Waals surface area contributed by atoms with Crippen LogP contribution in [0.25, 0.3) is 0 Å². The van der Waals surface area contributed by atoms with Crippen molar-refractivity contribution < 1.29 is 18.8 Å². The number of nitrogens with one attached hydrogen (secondary N) is 2. The van der Waals surface area contributed by atoms with Gasteiger partial charge in [0.25, 0.3) is 11.5 Å². The van der Waals surface area contributed by atoms with Gasteiger partial charge in [0, 0.05) is 24.4 Å². The van der Waals surface area contributed by atoms with Crippen molar-refractivity contribution in [3.63, 3.8) is 0 Å². The molecule has 0 unspecified atom stereocenters. The maximum Gasteiger partial charge on any atom is 0.296 e. The minimum atomic E-state index is -0.868. The number of amides is 1. The second-order valence-corrected chi connectivity index (χ2v) is 7.50. The Kier molecular flexibility index (Phi) is 5.92. The summed E-state index contributed by atoms with van der Waals surface area (Å²) in [6, 6.07) is 8.74. The lowest BCUT2D eigenvalue weighted by Crippen LogP contribution is -2.29. The molecule has 34 heavy (non-hydrogen) atoms. The number of carbonyl (C=O) groups excluding carboxylic acids is 1. The molecule has 0 aliphatic rings. The zero-order chi connectivity index (χ0) is 24.4. The van der Waals surface area contributed by atoms with Crippen LogP contribution >= 0.6 is 0 Å². The highest BCUT2D eigenvalue weighted by Crippen LogP contribution is 2.39. The van der Waals surface area contributed by atoms with E-state index in [-0.39, 0.29) is 17.1 Å². The summed E-state index contributed by atoms with van der Waals surface area (Å²) < 4.78 is 20.4. The number of halogens is 1. The van der Waals surface area contributed by atoms with Crippen molar-refractivity contribution in [2.24, 2.45) is 7.05 Å². The van der Waals surface area contributed by atoms with Crippen LogP contribution in [0, 0.1) is 17.3 Å². The number of carbonyl (C=O) groups is 1. The van der Waals surface area contributed by atoms with Gasteiger partial charge >= 0.3 is 0 Å². The maximum atomic E-state index is 14.7. The van der Waals surface area contributed by atoms with E-state index in [0.29, 0.717) is 11.1 Å². The van der Waals surface area contributed by atoms with Gasteiger partial charge in [-0.2, -0.15) is 14.8 Å². The first kappa shape index (κ1) is 22.4. The second kappa shape index (κ2) is 8.99. The van der Waals surface area contributed by atoms with Crippen LogP contribution in [0.2, 0.25) is 0 Å². The standard InChI is InChI=1S/C22H18FN7O4/c1-11(16(15-9-25-29-19(15)23)14-6-4-3-5-12(14)7-24)20-28-17(18(31)22(33)30(20)2)21(32)27-13-8-26-34-10-13/h3-6,8-11,16,31H,1-2H3,(H,25,29)(H,27,32)/t11-,16-/m1/s1. The van der Waals surface area contributed by atoms with Gasteiger partial charge in [0.1, 0.15) is 17.8 Å². The van der Waals surface area contributed by atoms with Crippen LogP contribution in [0.3, 0.4) is 0 Å². The van der Waals surface area contributed by atoms with Gasteiger partial charge in [-0.05, 0) is 11.6 Å². The van der Waals surface area contributed by atoms with E-state index in [1.807, 2.05) is 0 Å². The number of rotatable bonds is 6. The van der Waals surface area contributed by atoms with Crippen LogP contribution in [-0.4, -0.2) is 35.9 Å². The number of aromatic nitrogens is 5.